The van der Waals surface area contributed by atoms with E-state index in [4.69, 9.17) is 4.74 Å². The van der Waals surface area contributed by atoms with E-state index in [1.807, 2.05) is 6.07 Å². The second-order valence-electron chi connectivity index (χ2n) is 7.60. The van der Waals surface area contributed by atoms with Crippen LogP contribution in [0.2, 0.25) is 0 Å². The fraction of sp³-hybridized carbons (Fsp3) is 0.476. The Kier molecular flexibility index (Phi) is 5.07. The molecule has 4 rings (SSSR count). The average molecular weight is 366 g/mol. The first-order valence-electron chi connectivity index (χ1n) is 9.59. The minimum absolute atomic E-state index is 0.190. The summed E-state index contributed by atoms with van der Waals surface area (Å²) in [6, 6.07) is 10.8. The zero-order chi connectivity index (χ0) is 18.7. The van der Waals surface area contributed by atoms with E-state index in [1.165, 1.54) is 5.56 Å². The summed E-state index contributed by atoms with van der Waals surface area (Å²) in [5, 5.41) is 0. The van der Waals surface area contributed by atoms with E-state index in [9.17, 15) is 4.79 Å². The maximum Gasteiger partial charge on any atom is 0.316 e. The van der Waals surface area contributed by atoms with Crippen molar-refractivity contribution < 1.29 is 9.53 Å². The van der Waals surface area contributed by atoms with Crippen LogP contribution in [0.1, 0.15) is 24.0 Å². The van der Waals surface area contributed by atoms with Crippen molar-refractivity contribution in [1.82, 2.24) is 19.8 Å². The smallest absolute Gasteiger partial charge is 0.316 e. The number of amides is 1. The first-order valence-corrected chi connectivity index (χ1v) is 9.59. The minimum atomic E-state index is -0.190. The molecule has 1 unspecified atom stereocenters. The summed E-state index contributed by atoms with van der Waals surface area (Å²) in [5.41, 5.74) is 2.15. The molecule has 27 heavy (non-hydrogen) atoms. The van der Waals surface area contributed by atoms with Crippen molar-refractivity contribution in [2.24, 2.45) is 5.41 Å². The molecular formula is C21H26N4O2. The highest BCUT2D eigenvalue weighted by Gasteiger charge is 2.50. The molecule has 1 atom stereocenters. The fourth-order valence-corrected chi connectivity index (χ4v) is 4.27. The highest BCUT2D eigenvalue weighted by molar-refractivity contribution is 5.85. The van der Waals surface area contributed by atoms with Gasteiger partial charge in [-0.3, -0.25) is 9.69 Å². The third-order valence-electron chi connectivity index (χ3n) is 5.82. The van der Waals surface area contributed by atoms with Gasteiger partial charge in [0.15, 0.2) is 0 Å². The van der Waals surface area contributed by atoms with Crippen LogP contribution in [-0.4, -0.2) is 59.0 Å². The van der Waals surface area contributed by atoms with Gasteiger partial charge in [0.05, 0.1) is 12.5 Å². The quantitative estimate of drug-likeness (QED) is 0.784. The van der Waals surface area contributed by atoms with Crippen molar-refractivity contribution in [3.8, 4) is 6.01 Å². The maximum absolute atomic E-state index is 13.1. The van der Waals surface area contributed by atoms with E-state index in [2.05, 4.69) is 44.0 Å². The largest absolute Gasteiger partial charge is 0.467 e. The summed E-state index contributed by atoms with van der Waals surface area (Å²) >= 11 is 0. The molecule has 142 valence electrons. The third-order valence-corrected chi connectivity index (χ3v) is 5.82. The Morgan fingerprint density at radius 2 is 1.81 bits per heavy atom. The Labute approximate surface area is 160 Å². The van der Waals surface area contributed by atoms with Gasteiger partial charge in [0.2, 0.25) is 5.91 Å². The summed E-state index contributed by atoms with van der Waals surface area (Å²) in [6.07, 6.45) is 6.45. The number of rotatable bonds is 6. The molecule has 0 N–H and O–H groups in total. The molecule has 1 spiro atoms. The normalized spacial score (nSPS) is 22.7. The van der Waals surface area contributed by atoms with Crippen LogP contribution in [0, 0.1) is 5.41 Å². The van der Waals surface area contributed by atoms with Crippen LogP contribution in [0.4, 0.5) is 0 Å². The van der Waals surface area contributed by atoms with E-state index in [1.54, 1.807) is 19.5 Å². The highest BCUT2D eigenvalue weighted by atomic mass is 16.5. The van der Waals surface area contributed by atoms with E-state index < -0.39 is 0 Å². The molecule has 1 amide bonds. The number of benzene rings is 1. The van der Waals surface area contributed by atoms with Crippen molar-refractivity contribution in [2.45, 2.75) is 25.8 Å². The molecule has 2 saturated heterocycles. The van der Waals surface area contributed by atoms with Crippen molar-refractivity contribution in [3.63, 3.8) is 0 Å². The molecule has 2 fully saturated rings. The Hall–Kier alpha value is -2.47. The summed E-state index contributed by atoms with van der Waals surface area (Å²) in [5.74, 6) is 0.340. The van der Waals surface area contributed by atoms with Crippen LogP contribution in [0.3, 0.4) is 0 Å². The van der Waals surface area contributed by atoms with Crippen molar-refractivity contribution >= 4 is 5.91 Å². The van der Waals surface area contributed by atoms with E-state index >= 15 is 0 Å². The lowest BCUT2D eigenvalue weighted by Gasteiger charge is -2.24. The SMILES string of the molecule is COc1ncc(CN2CCC3(CCN(CCc4ccccc4)C3=O)C2)cn1. The van der Waals surface area contributed by atoms with Gasteiger partial charge < -0.3 is 9.64 Å². The van der Waals surface area contributed by atoms with Gasteiger partial charge in [-0.05, 0) is 31.4 Å². The molecule has 6 heteroatoms. The van der Waals surface area contributed by atoms with E-state index in [0.717, 1.165) is 57.5 Å². The van der Waals surface area contributed by atoms with Crippen LogP contribution < -0.4 is 4.74 Å². The molecule has 1 aromatic heterocycles. The van der Waals surface area contributed by atoms with Gasteiger partial charge in [-0.1, -0.05) is 30.3 Å². The number of hydrogen-bond donors (Lipinski definition) is 0. The molecule has 0 bridgehead atoms. The summed E-state index contributed by atoms with van der Waals surface area (Å²) in [7, 11) is 1.56. The summed E-state index contributed by atoms with van der Waals surface area (Å²) in [4.78, 5) is 25.9. The first kappa shape index (κ1) is 17.9. The van der Waals surface area contributed by atoms with Gasteiger partial charge >= 0.3 is 6.01 Å². The highest BCUT2D eigenvalue weighted by Crippen LogP contribution is 2.41. The lowest BCUT2D eigenvalue weighted by Crippen LogP contribution is -2.37. The molecule has 0 aliphatic carbocycles. The fourth-order valence-electron chi connectivity index (χ4n) is 4.27. The number of nitrogens with zero attached hydrogens (tertiary/aromatic N) is 4. The molecule has 2 aromatic rings. The monoisotopic (exact) mass is 366 g/mol. The Balaban J connectivity index is 1.33. The predicted octanol–water partition coefficient (Wildman–Crippen LogP) is 2.15. The standard InChI is InChI=1S/C21H26N4O2/c1-27-20-22-13-18(14-23-20)15-24-11-8-21(16-24)9-12-25(19(21)26)10-7-17-5-3-2-4-6-17/h2-6,13-14H,7-12,15-16H2,1H3. The molecule has 1 aromatic carbocycles. The Morgan fingerprint density at radius 3 is 2.56 bits per heavy atom. The zero-order valence-corrected chi connectivity index (χ0v) is 15.8. The molecule has 3 heterocycles. The molecule has 2 aliphatic heterocycles. The number of likely N-dealkylation sites (tertiary alicyclic amines) is 2. The van der Waals surface area contributed by atoms with Crippen molar-refractivity contribution in [3.05, 3.63) is 53.9 Å². The molecule has 6 nitrogen and oxygen atoms in total. The third kappa shape index (κ3) is 3.81. The predicted molar refractivity (Wildman–Crippen MR) is 102 cm³/mol. The second-order valence-corrected chi connectivity index (χ2v) is 7.60. The number of aromatic nitrogens is 2. The second kappa shape index (κ2) is 7.64. The Bertz CT molecular complexity index is 781. The zero-order valence-electron chi connectivity index (χ0n) is 15.8. The average Bonchev–Trinajstić information content (AvgIpc) is 3.26. The molecule has 0 saturated carbocycles. The Morgan fingerprint density at radius 1 is 1.07 bits per heavy atom. The van der Waals surface area contributed by atoms with Gasteiger partial charge in [-0.15, -0.1) is 0 Å². The van der Waals surface area contributed by atoms with Gasteiger partial charge in [-0.25, -0.2) is 9.97 Å². The van der Waals surface area contributed by atoms with E-state index in [0.29, 0.717) is 11.9 Å². The molecule has 2 aliphatic rings. The number of carbonyl (C=O) groups is 1. The summed E-state index contributed by atoms with van der Waals surface area (Å²) < 4.78 is 5.01. The summed E-state index contributed by atoms with van der Waals surface area (Å²) in [6.45, 7) is 4.26. The van der Waals surface area contributed by atoms with Crippen LogP contribution >= 0.6 is 0 Å². The van der Waals surface area contributed by atoms with Crippen LogP contribution in [0.5, 0.6) is 6.01 Å². The van der Waals surface area contributed by atoms with Crippen molar-refractivity contribution in [1.29, 1.82) is 0 Å². The van der Waals surface area contributed by atoms with Crippen LogP contribution in [-0.2, 0) is 17.8 Å². The lowest BCUT2D eigenvalue weighted by atomic mass is 9.85. The van der Waals surface area contributed by atoms with Gasteiger partial charge in [0.25, 0.3) is 0 Å². The van der Waals surface area contributed by atoms with Crippen LogP contribution in [0.25, 0.3) is 0 Å². The maximum atomic E-state index is 13.1. The molecule has 0 radical (unpaired) electrons. The minimum Gasteiger partial charge on any atom is -0.467 e. The topological polar surface area (TPSA) is 58.6 Å². The first-order chi connectivity index (χ1) is 13.2. The number of hydrogen-bond acceptors (Lipinski definition) is 5. The number of methoxy groups -OCH3 is 1. The number of ether oxygens (including phenoxy) is 1. The number of carbonyl (C=O) groups excluding carboxylic acids is 1. The van der Waals surface area contributed by atoms with Crippen LogP contribution in [0.15, 0.2) is 42.7 Å². The molecular weight excluding hydrogens is 340 g/mol. The van der Waals surface area contributed by atoms with Gasteiger partial charge in [-0.2, -0.15) is 0 Å². The van der Waals surface area contributed by atoms with Gasteiger partial charge in [0.1, 0.15) is 0 Å². The van der Waals surface area contributed by atoms with E-state index in [-0.39, 0.29) is 5.41 Å². The van der Waals surface area contributed by atoms with Crippen molar-refractivity contribution in [2.75, 3.05) is 33.3 Å². The van der Waals surface area contributed by atoms with Gasteiger partial charge in [0, 0.05) is 44.1 Å². The lowest BCUT2D eigenvalue weighted by molar-refractivity contribution is -0.135.